The van der Waals surface area contributed by atoms with Crippen molar-refractivity contribution in [2.45, 2.75) is 13.0 Å². The molecule has 0 spiro atoms. The molecule has 0 bridgehead atoms. The number of methoxy groups -OCH3 is 2. The Labute approximate surface area is 124 Å². The van der Waals surface area contributed by atoms with Gasteiger partial charge in [-0.2, -0.15) is 0 Å². The topological polar surface area (TPSA) is 68.8 Å². The van der Waals surface area contributed by atoms with Crippen LogP contribution in [0.4, 0.5) is 0 Å². The zero-order valence-electron chi connectivity index (χ0n) is 12.7. The molecule has 1 atom stereocenters. The van der Waals surface area contributed by atoms with Gasteiger partial charge in [-0.15, -0.1) is 0 Å². The highest BCUT2D eigenvalue weighted by molar-refractivity contribution is 5.95. The molecule has 1 aromatic rings. The largest absolute Gasteiger partial charge is 0.496 e. The molecule has 1 aliphatic rings. The average molecular weight is 294 g/mol. The van der Waals surface area contributed by atoms with Gasteiger partial charge in [0.25, 0.3) is 5.91 Å². The molecule has 6 heteroatoms. The van der Waals surface area contributed by atoms with Crippen LogP contribution in [0.15, 0.2) is 12.1 Å². The number of hydrogen-bond acceptors (Lipinski definition) is 5. The predicted molar refractivity (Wildman–Crippen MR) is 79.2 cm³/mol. The Morgan fingerprint density at radius 2 is 2.05 bits per heavy atom. The van der Waals surface area contributed by atoms with Gasteiger partial charge in [0.1, 0.15) is 11.5 Å². The molecule has 21 heavy (non-hydrogen) atoms. The molecule has 2 rings (SSSR count). The number of carbonyl (C=O) groups excluding carboxylic acids is 1. The molecule has 116 valence electrons. The zero-order valence-corrected chi connectivity index (χ0v) is 12.7. The van der Waals surface area contributed by atoms with Gasteiger partial charge in [0.2, 0.25) is 0 Å². The van der Waals surface area contributed by atoms with Crippen LogP contribution >= 0.6 is 0 Å². The number of nitrogens with one attached hydrogen (secondary N) is 2. The molecule has 0 aliphatic carbocycles. The molecular formula is C15H22N2O4. The minimum Gasteiger partial charge on any atom is -0.496 e. The molecule has 1 saturated heterocycles. The summed E-state index contributed by atoms with van der Waals surface area (Å²) in [6.07, 6.45) is 0.0111. The molecule has 0 aromatic heterocycles. The summed E-state index contributed by atoms with van der Waals surface area (Å²) in [4.78, 5) is 12.2. The van der Waals surface area contributed by atoms with E-state index in [1.807, 2.05) is 6.92 Å². The first-order valence-corrected chi connectivity index (χ1v) is 6.99. The molecule has 0 radical (unpaired) electrons. The number of rotatable bonds is 5. The molecule has 0 saturated carbocycles. The molecule has 1 aromatic carbocycles. The third-order valence-corrected chi connectivity index (χ3v) is 3.51. The summed E-state index contributed by atoms with van der Waals surface area (Å²) < 4.78 is 16.1. The van der Waals surface area contributed by atoms with Crippen molar-refractivity contribution in [1.29, 1.82) is 0 Å². The van der Waals surface area contributed by atoms with E-state index < -0.39 is 0 Å². The van der Waals surface area contributed by atoms with Crippen LogP contribution < -0.4 is 20.1 Å². The van der Waals surface area contributed by atoms with Gasteiger partial charge in [-0.05, 0) is 19.1 Å². The lowest BCUT2D eigenvalue weighted by Crippen LogP contribution is -2.45. The standard InChI is InChI=1S/C15H22N2O4/c1-10-13(19-2)6-11(7-14(10)20-3)15(18)17-9-12-8-16-4-5-21-12/h6-7,12,16H,4-5,8-9H2,1-3H3,(H,17,18). The summed E-state index contributed by atoms with van der Waals surface area (Å²) in [5.41, 5.74) is 1.38. The number of hydrogen-bond donors (Lipinski definition) is 2. The fraction of sp³-hybridized carbons (Fsp3) is 0.533. The lowest BCUT2D eigenvalue weighted by atomic mass is 10.1. The van der Waals surface area contributed by atoms with Crippen molar-refractivity contribution in [3.05, 3.63) is 23.3 Å². The van der Waals surface area contributed by atoms with E-state index in [0.717, 1.165) is 18.7 Å². The van der Waals surface area contributed by atoms with Crippen molar-refractivity contribution in [3.63, 3.8) is 0 Å². The lowest BCUT2D eigenvalue weighted by molar-refractivity contribution is 0.0287. The third kappa shape index (κ3) is 3.86. The van der Waals surface area contributed by atoms with E-state index in [1.165, 1.54) is 0 Å². The van der Waals surface area contributed by atoms with Crippen LogP contribution in [0.2, 0.25) is 0 Å². The van der Waals surface area contributed by atoms with Crippen LogP contribution in [0.25, 0.3) is 0 Å². The van der Waals surface area contributed by atoms with E-state index in [0.29, 0.717) is 30.2 Å². The highest BCUT2D eigenvalue weighted by atomic mass is 16.5. The smallest absolute Gasteiger partial charge is 0.251 e. The van der Waals surface area contributed by atoms with E-state index >= 15 is 0 Å². The summed E-state index contributed by atoms with van der Waals surface area (Å²) in [7, 11) is 3.15. The quantitative estimate of drug-likeness (QED) is 0.838. The highest BCUT2D eigenvalue weighted by Gasteiger charge is 2.17. The first-order valence-electron chi connectivity index (χ1n) is 6.99. The molecule has 1 heterocycles. The second kappa shape index (κ2) is 7.28. The van der Waals surface area contributed by atoms with Gasteiger partial charge in [0.15, 0.2) is 0 Å². The number of amides is 1. The second-order valence-electron chi connectivity index (χ2n) is 4.91. The summed E-state index contributed by atoms with van der Waals surface area (Å²) >= 11 is 0. The molecule has 1 fully saturated rings. The molecule has 2 N–H and O–H groups in total. The van der Waals surface area contributed by atoms with Gasteiger partial charge in [0.05, 0.1) is 26.9 Å². The van der Waals surface area contributed by atoms with E-state index in [2.05, 4.69) is 10.6 Å². The van der Waals surface area contributed by atoms with Crippen molar-refractivity contribution in [2.24, 2.45) is 0 Å². The van der Waals surface area contributed by atoms with Gasteiger partial charge < -0.3 is 24.8 Å². The maximum absolute atomic E-state index is 12.2. The molecular weight excluding hydrogens is 272 g/mol. The van der Waals surface area contributed by atoms with Crippen LogP contribution in [0, 0.1) is 6.92 Å². The van der Waals surface area contributed by atoms with Crippen LogP contribution in [-0.4, -0.2) is 52.5 Å². The van der Waals surface area contributed by atoms with Crippen LogP contribution in [0.3, 0.4) is 0 Å². The van der Waals surface area contributed by atoms with Crippen LogP contribution in [-0.2, 0) is 4.74 Å². The fourth-order valence-corrected chi connectivity index (χ4v) is 2.28. The van der Waals surface area contributed by atoms with Crippen LogP contribution in [0.5, 0.6) is 11.5 Å². The fourth-order valence-electron chi connectivity index (χ4n) is 2.28. The summed E-state index contributed by atoms with van der Waals surface area (Å²) in [5, 5.41) is 6.10. The van der Waals surface area contributed by atoms with Gasteiger partial charge in [-0.25, -0.2) is 0 Å². The first kappa shape index (κ1) is 15.6. The van der Waals surface area contributed by atoms with E-state index in [4.69, 9.17) is 14.2 Å². The Bertz CT molecular complexity index is 473. The van der Waals surface area contributed by atoms with Crippen molar-refractivity contribution in [1.82, 2.24) is 10.6 Å². The van der Waals surface area contributed by atoms with Crippen LogP contribution in [0.1, 0.15) is 15.9 Å². The maximum atomic E-state index is 12.2. The maximum Gasteiger partial charge on any atom is 0.251 e. The summed E-state index contributed by atoms with van der Waals surface area (Å²) in [5.74, 6) is 1.10. The van der Waals surface area contributed by atoms with Crippen molar-refractivity contribution >= 4 is 5.91 Å². The molecule has 6 nitrogen and oxygen atoms in total. The normalized spacial score (nSPS) is 18.1. The summed E-state index contributed by atoms with van der Waals surface area (Å²) in [6.45, 7) is 4.65. The number of carbonyl (C=O) groups is 1. The Kier molecular flexibility index (Phi) is 5.41. The lowest BCUT2D eigenvalue weighted by Gasteiger charge is -2.23. The minimum atomic E-state index is -0.166. The Morgan fingerprint density at radius 1 is 1.38 bits per heavy atom. The monoisotopic (exact) mass is 294 g/mol. The second-order valence-corrected chi connectivity index (χ2v) is 4.91. The Hall–Kier alpha value is -1.79. The Morgan fingerprint density at radius 3 is 2.57 bits per heavy atom. The zero-order chi connectivity index (χ0) is 15.2. The van der Waals surface area contributed by atoms with Gasteiger partial charge in [0, 0.05) is 30.8 Å². The van der Waals surface area contributed by atoms with E-state index in [-0.39, 0.29) is 12.0 Å². The third-order valence-electron chi connectivity index (χ3n) is 3.51. The number of benzene rings is 1. The van der Waals surface area contributed by atoms with Gasteiger partial charge >= 0.3 is 0 Å². The van der Waals surface area contributed by atoms with Crippen molar-refractivity contribution in [2.75, 3.05) is 40.5 Å². The van der Waals surface area contributed by atoms with E-state index in [1.54, 1.807) is 26.4 Å². The number of ether oxygens (including phenoxy) is 3. The van der Waals surface area contributed by atoms with E-state index in [9.17, 15) is 4.79 Å². The van der Waals surface area contributed by atoms with Crippen molar-refractivity contribution < 1.29 is 19.0 Å². The highest BCUT2D eigenvalue weighted by Crippen LogP contribution is 2.29. The Balaban J connectivity index is 2.04. The number of morpholine rings is 1. The first-order chi connectivity index (χ1) is 10.2. The molecule has 1 amide bonds. The molecule has 1 aliphatic heterocycles. The SMILES string of the molecule is COc1cc(C(=O)NCC2CNCCO2)cc(OC)c1C. The minimum absolute atomic E-state index is 0.0111. The molecule has 1 unspecified atom stereocenters. The van der Waals surface area contributed by atoms with Gasteiger partial charge in [-0.1, -0.05) is 0 Å². The average Bonchev–Trinajstić information content (AvgIpc) is 2.53. The van der Waals surface area contributed by atoms with Gasteiger partial charge in [-0.3, -0.25) is 4.79 Å². The predicted octanol–water partition coefficient (Wildman–Crippen LogP) is 0.730. The summed E-state index contributed by atoms with van der Waals surface area (Å²) in [6, 6.07) is 3.43. The van der Waals surface area contributed by atoms with Crippen molar-refractivity contribution in [3.8, 4) is 11.5 Å².